The molecule has 0 bridgehead atoms. The summed E-state index contributed by atoms with van der Waals surface area (Å²) in [6.07, 6.45) is -2.34. The van der Waals surface area contributed by atoms with Crippen LogP contribution in [0.15, 0.2) is 109 Å². The predicted octanol–water partition coefficient (Wildman–Crippen LogP) is 5.38. The molecular formula is C29H22ClN5O4. The molecule has 0 saturated carbocycles. The lowest BCUT2D eigenvalue weighted by molar-refractivity contribution is -0.122. The number of para-hydroxylation sites is 1. The molecule has 0 aliphatic rings. The summed E-state index contributed by atoms with van der Waals surface area (Å²) in [4.78, 5) is 41.8. The van der Waals surface area contributed by atoms with Gasteiger partial charge in [0.2, 0.25) is 6.17 Å². The molecule has 1 heterocycles. The van der Waals surface area contributed by atoms with Gasteiger partial charge in [0.25, 0.3) is 11.8 Å². The Bertz CT molecular complexity index is 1610. The fourth-order valence-electron chi connectivity index (χ4n) is 3.95. The molecule has 1 N–H and O–H groups in total. The molecule has 0 aliphatic heterocycles. The number of ether oxygens (including phenoxy) is 1. The molecule has 5 rings (SSSR count). The summed E-state index contributed by atoms with van der Waals surface area (Å²) in [5.41, 5.74) is 2.27. The number of benzene rings is 4. The molecule has 194 valence electrons. The first-order chi connectivity index (χ1) is 19.0. The zero-order chi connectivity index (χ0) is 27.2. The molecule has 1 unspecified atom stereocenters. The first-order valence-corrected chi connectivity index (χ1v) is 12.3. The lowest BCUT2D eigenvalue weighted by Crippen LogP contribution is -2.48. The van der Waals surface area contributed by atoms with Crippen LogP contribution in [0.4, 0.5) is 10.5 Å². The first kappa shape index (κ1) is 25.6. The summed E-state index contributed by atoms with van der Waals surface area (Å²) in [6.45, 7) is -0.0183. The molecule has 39 heavy (non-hydrogen) atoms. The number of carbonyl (C=O) groups is 3. The van der Waals surface area contributed by atoms with Crippen LogP contribution in [0.2, 0.25) is 5.02 Å². The second-order valence-electron chi connectivity index (χ2n) is 8.45. The molecule has 5 aromatic rings. The summed E-state index contributed by atoms with van der Waals surface area (Å²) in [5, 5.41) is 11.3. The standard InChI is InChI=1S/C29H22ClN5O4/c30-22-15-17-23(18-16-22)34(27(36)21-11-5-2-6-12-21)28(37)26(35-25-14-8-7-13-24(25)32-33-35)31-29(38)39-19-20-9-3-1-4-10-20/h1-18,26H,19H2,(H,31,38). The van der Waals surface area contributed by atoms with Crippen LogP contribution in [0.3, 0.4) is 0 Å². The Morgan fingerprint density at radius 1 is 0.846 bits per heavy atom. The van der Waals surface area contributed by atoms with E-state index in [-0.39, 0.29) is 17.9 Å². The van der Waals surface area contributed by atoms with E-state index in [1.165, 1.54) is 4.68 Å². The van der Waals surface area contributed by atoms with Gasteiger partial charge in [-0.05, 0) is 54.1 Å². The van der Waals surface area contributed by atoms with Gasteiger partial charge in [0.1, 0.15) is 12.1 Å². The molecule has 0 radical (unpaired) electrons. The summed E-state index contributed by atoms with van der Waals surface area (Å²) in [5.74, 6) is -1.38. The summed E-state index contributed by atoms with van der Waals surface area (Å²) in [7, 11) is 0. The summed E-state index contributed by atoms with van der Waals surface area (Å²) < 4.78 is 6.63. The van der Waals surface area contributed by atoms with Gasteiger partial charge in [0.15, 0.2) is 0 Å². The predicted molar refractivity (Wildman–Crippen MR) is 146 cm³/mol. The van der Waals surface area contributed by atoms with Crippen LogP contribution in [-0.2, 0) is 16.1 Å². The van der Waals surface area contributed by atoms with Gasteiger partial charge in [-0.15, -0.1) is 5.10 Å². The number of aromatic nitrogens is 3. The van der Waals surface area contributed by atoms with Crippen molar-refractivity contribution in [2.75, 3.05) is 4.90 Å². The first-order valence-electron chi connectivity index (χ1n) is 12.0. The molecule has 4 aromatic carbocycles. The minimum Gasteiger partial charge on any atom is -0.445 e. The lowest BCUT2D eigenvalue weighted by atomic mass is 10.1. The van der Waals surface area contributed by atoms with Crippen LogP contribution < -0.4 is 10.2 Å². The van der Waals surface area contributed by atoms with E-state index in [0.717, 1.165) is 10.5 Å². The Kier molecular flexibility index (Phi) is 7.60. The molecule has 9 nitrogen and oxygen atoms in total. The zero-order valence-corrected chi connectivity index (χ0v) is 21.2. The van der Waals surface area contributed by atoms with Gasteiger partial charge in [0.05, 0.1) is 11.2 Å². The number of hydrogen-bond acceptors (Lipinski definition) is 6. The topological polar surface area (TPSA) is 106 Å². The van der Waals surface area contributed by atoms with Crippen LogP contribution >= 0.6 is 11.6 Å². The van der Waals surface area contributed by atoms with Gasteiger partial charge in [-0.25, -0.2) is 14.4 Å². The molecule has 0 spiro atoms. The number of nitrogens with zero attached hydrogens (tertiary/aromatic N) is 4. The third kappa shape index (κ3) is 5.78. The summed E-state index contributed by atoms with van der Waals surface area (Å²) >= 11 is 6.07. The highest BCUT2D eigenvalue weighted by atomic mass is 35.5. The van der Waals surface area contributed by atoms with E-state index in [1.54, 1.807) is 78.9 Å². The molecule has 0 fully saturated rings. The Morgan fingerprint density at radius 3 is 2.21 bits per heavy atom. The van der Waals surface area contributed by atoms with E-state index < -0.39 is 24.1 Å². The average Bonchev–Trinajstić information content (AvgIpc) is 3.41. The van der Waals surface area contributed by atoms with Gasteiger partial charge in [0, 0.05) is 10.6 Å². The third-order valence-electron chi connectivity index (χ3n) is 5.85. The fraction of sp³-hybridized carbons (Fsp3) is 0.0690. The fourth-order valence-corrected chi connectivity index (χ4v) is 4.07. The van der Waals surface area contributed by atoms with Crippen LogP contribution in [0, 0.1) is 0 Å². The number of anilines is 1. The van der Waals surface area contributed by atoms with Crippen molar-refractivity contribution >= 4 is 46.2 Å². The highest BCUT2D eigenvalue weighted by Crippen LogP contribution is 2.25. The number of amides is 3. The van der Waals surface area contributed by atoms with Crippen LogP contribution in [0.25, 0.3) is 11.0 Å². The number of imide groups is 1. The zero-order valence-electron chi connectivity index (χ0n) is 20.5. The maximum absolute atomic E-state index is 14.2. The van der Waals surface area contributed by atoms with Gasteiger partial charge >= 0.3 is 6.09 Å². The number of alkyl carbamates (subject to hydrolysis) is 1. The largest absolute Gasteiger partial charge is 0.445 e. The van der Waals surface area contributed by atoms with Crippen molar-refractivity contribution in [1.29, 1.82) is 0 Å². The molecule has 0 aliphatic carbocycles. The van der Waals surface area contributed by atoms with Crippen molar-refractivity contribution in [2.24, 2.45) is 0 Å². The Morgan fingerprint density at radius 2 is 1.49 bits per heavy atom. The molecule has 3 amide bonds. The minimum absolute atomic E-state index is 0.0183. The molecule has 0 saturated heterocycles. The average molecular weight is 540 g/mol. The van der Waals surface area contributed by atoms with Gasteiger partial charge in [-0.3, -0.25) is 14.9 Å². The molecule has 1 atom stereocenters. The van der Waals surface area contributed by atoms with Crippen LogP contribution in [0.5, 0.6) is 0 Å². The van der Waals surface area contributed by atoms with Crippen molar-refractivity contribution in [1.82, 2.24) is 20.3 Å². The number of fused-ring (bicyclic) bond motifs is 1. The quantitative estimate of drug-likeness (QED) is 0.297. The molecule has 10 heteroatoms. The van der Waals surface area contributed by atoms with Gasteiger partial charge in [-0.2, -0.15) is 0 Å². The van der Waals surface area contributed by atoms with Crippen molar-refractivity contribution < 1.29 is 19.1 Å². The van der Waals surface area contributed by atoms with E-state index in [4.69, 9.17) is 16.3 Å². The minimum atomic E-state index is -1.47. The van der Waals surface area contributed by atoms with Gasteiger partial charge in [-0.1, -0.05) is 77.5 Å². The monoisotopic (exact) mass is 539 g/mol. The smallest absolute Gasteiger partial charge is 0.409 e. The lowest BCUT2D eigenvalue weighted by Gasteiger charge is -2.26. The van der Waals surface area contributed by atoms with Crippen LogP contribution in [-0.4, -0.2) is 32.9 Å². The molecule has 1 aromatic heterocycles. The van der Waals surface area contributed by atoms with Crippen molar-refractivity contribution in [3.63, 3.8) is 0 Å². The maximum atomic E-state index is 14.2. The number of halogens is 1. The van der Waals surface area contributed by atoms with E-state index in [9.17, 15) is 14.4 Å². The normalized spacial score (nSPS) is 11.5. The van der Waals surface area contributed by atoms with Gasteiger partial charge < -0.3 is 4.74 Å². The Labute approximate surface area is 228 Å². The van der Waals surface area contributed by atoms with E-state index >= 15 is 0 Å². The van der Waals surface area contributed by atoms with Crippen LogP contribution in [0.1, 0.15) is 22.1 Å². The van der Waals surface area contributed by atoms with Crippen molar-refractivity contribution in [2.45, 2.75) is 12.8 Å². The highest BCUT2D eigenvalue weighted by Gasteiger charge is 2.35. The number of carbonyl (C=O) groups excluding carboxylic acids is 3. The van der Waals surface area contributed by atoms with Crippen molar-refractivity contribution in [3.8, 4) is 0 Å². The van der Waals surface area contributed by atoms with Crippen molar-refractivity contribution in [3.05, 3.63) is 125 Å². The number of nitrogens with one attached hydrogen (secondary N) is 1. The second-order valence-corrected chi connectivity index (χ2v) is 8.89. The SMILES string of the molecule is O=C(NC(C(=O)N(C(=O)c1ccccc1)c1ccc(Cl)cc1)n1nnc2ccccc21)OCc1ccccc1. The molecular weight excluding hydrogens is 518 g/mol. The maximum Gasteiger partial charge on any atom is 0.409 e. The second kappa shape index (κ2) is 11.6. The van der Waals surface area contributed by atoms with E-state index in [0.29, 0.717) is 16.1 Å². The third-order valence-corrected chi connectivity index (χ3v) is 6.10. The Hall–Kier alpha value is -5.02. The number of rotatable bonds is 7. The highest BCUT2D eigenvalue weighted by molar-refractivity contribution is 6.30. The Balaban J connectivity index is 1.53. The van der Waals surface area contributed by atoms with E-state index in [1.807, 2.05) is 30.3 Å². The number of hydrogen-bond donors (Lipinski definition) is 1. The van der Waals surface area contributed by atoms with E-state index in [2.05, 4.69) is 15.6 Å². The summed E-state index contributed by atoms with van der Waals surface area (Å²) in [6, 6.07) is 30.6.